The van der Waals surface area contributed by atoms with Crippen LogP contribution >= 0.6 is 0 Å². The molecule has 1 aliphatic rings. The van der Waals surface area contributed by atoms with Crippen molar-refractivity contribution in [1.29, 1.82) is 0 Å². The number of hydrogen-bond acceptors (Lipinski definition) is 3. The van der Waals surface area contributed by atoms with Gasteiger partial charge >= 0.3 is 0 Å². The molecule has 2 amide bonds. The summed E-state index contributed by atoms with van der Waals surface area (Å²) in [7, 11) is 3.09. The molecule has 0 spiro atoms. The van der Waals surface area contributed by atoms with E-state index in [4.69, 9.17) is 4.74 Å². The molecule has 0 saturated heterocycles. The monoisotopic (exact) mass is 293 g/mol. The van der Waals surface area contributed by atoms with E-state index in [1.807, 2.05) is 30.3 Å². The Bertz CT molecular complexity index is 761. The van der Waals surface area contributed by atoms with Crippen LogP contribution in [0.15, 0.2) is 54.6 Å². The van der Waals surface area contributed by atoms with E-state index in [0.29, 0.717) is 22.5 Å². The Morgan fingerprint density at radius 1 is 0.773 bits per heavy atom. The maximum atomic E-state index is 12.5. The Balaban J connectivity index is 2.19. The molecule has 0 bridgehead atoms. The zero-order valence-electron chi connectivity index (χ0n) is 12.4. The minimum absolute atomic E-state index is 0.276. The average molecular weight is 293 g/mol. The van der Waals surface area contributed by atoms with E-state index in [-0.39, 0.29) is 11.8 Å². The third-order valence-electron chi connectivity index (χ3n) is 3.73. The lowest BCUT2D eigenvalue weighted by Crippen LogP contribution is -2.26. The topological polar surface area (TPSA) is 46.6 Å². The smallest absolute Gasteiger partial charge is 0.261 e. The molecule has 0 unspecified atom stereocenters. The largest absolute Gasteiger partial charge is 0.497 e. The Morgan fingerprint density at radius 2 is 1.27 bits per heavy atom. The van der Waals surface area contributed by atoms with E-state index < -0.39 is 0 Å². The fraction of sp³-hybridized carbons (Fsp3) is 0.111. The first-order valence-electron chi connectivity index (χ1n) is 6.90. The molecular formula is C18H15NO3. The van der Waals surface area contributed by atoms with Crippen LogP contribution < -0.4 is 4.74 Å². The first-order chi connectivity index (χ1) is 10.6. The van der Waals surface area contributed by atoms with Gasteiger partial charge in [0.15, 0.2) is 0 Å². The lowest BCUT2D eigenvalue weighted by Gasteiger charge is -2.07. The van der Waals surface area contributed by atoms with Crippen LogP contribution in [-0.2, 0) is 9.59 Å². The quantitative estimate of drug-likeness (QED) is 0.817. The minimum Gasteiger partial charge on any atom is -0.497 e. The van der Waals surface area contributed by atoms with Gasteiger partial charge in [0.05, 0.1) is 18.3 Å². The molecular weight excluding hydrogens is 278 g/mol. The highest BCUT2D eigenvalue weighted by molar-refractivity contribution is 6.48. The number of rotatable bonds is 3. The van der Waals surface area contributed by atoms with Crippen molar-refractivity contribution in [1.82, 2.24) is 4.90 Å². The number of ether oxygens (including phenoxy) is 1. The van der Waals surface area contributed by atoms with E-state index in [1.54, 1.807) is 31.4 Å². The second-order valence-electron chi connectivity index (χ2n) is 5.01. The van der Waals surface area contributed by atoms with Gasteiger partial charge in [0.1, 0.15) is 5.75 Å². The van der Waals surface area contributed by atoms with Crippen molar-refractivity contribution in [2.24, 2.45) is 0 Å². The highest BCUT2D eigenvalue weighted by atomic mass is 16.5. The number of methoxy groups -OCH3 is 1. The SMILES string of the molecule is COc1ccc(C2=C(c3ccccc3)C(=O)N(C)C2=O)cc1. The summed E-state index contributed by atoms with van der Waals surface area (Å²) in [5.41, 5.74) is 2.33. The van der Waals surface area contributed by atoms with Gasteiger partial charge in [-0.05, 0) is 23.3 Å². The number of benzene rings is 2. The number of hydrogen-bond donors (Lipinski definition) is 0. The predicted octanol–water partition coefficient (Wildman–Crippen LogP) is 2.60. The van der Waals surface area contributed by atoms with Crippen LogP contribution in [0.1, 0.15) is 11.1 Å². The molecule has 2 aromatic carbocycles. The normalized spacial score (nSPS) is 14.7. The zero-order chi connectivity index (χ0) is 15.7. The van der Waals surface area contributed by atoms with Gasteiger partial charge in [0, 0.05) is 7.05 Å². The van der Waals surface area contributed by atoms with E-state index >= 15 is 0 Å². The summed E-state index contributed by atoms with van der Waals surface area (Å²) in [5, 5.41) is 0. The lowest BCUT2D eigenvalue weighted by molar-refractivity contribution is -0.134. The standard InChI is InChI=1S/C18H15NO3/c1-19-17(20)15(12-6-4-3-5-7-12)16(18(19)21)13-8-10-14(22-2)11-9-13/h3-11H,1-2H3. The van der Waals surface area contributed by atoms with Crippen LogP contribution in [-0.4, -0.2) is 30.9 Å². The van der Waals surface area contributed by atoms with Crippen LogP contribution in [0.25, 0.3) is 11.1 Å². The summed E-state index contributed by atoms with van der Waals surface area (Å²) in [4.78, 5) is 26.1. The first kappa shape index (κ1) is 14.1. The Labute approximate surface area is 128 Å². The van der Waals surface area contributed by atoms with Gasteiger partial charge in [-0.2, -0.15) is 0 Å². The third-order valence-corrected chi connectivity index (χ3v) is 3.73. The van der Waals surface area contributed by atoms with E-state index in [9.17, 15) is 9.59 Å². The summed E-state index contributed by atoms with van der Waals surface area (Å²) in [6.07, 6.45) is 0. The summed E-state index contributed by atoms with van der Waals surface area (Å²) in [6, 6.07) is 16.4. The van der Waals surface area contributed by atoms with Crippen molar-refractivity contribution in [3.8, 4) is 5.75 Å². The molecule has 0 saturated carbocycles. The van der Waals surface area contributed by atoms with Crippen LogP contribution in [0, 0.1) is 0 Å². The van der Waals surface area contributed by atoms with Crippen LogP contribution in [0.4, 0.5) is 0 Å². The van der Waals surface area contributed by atoms with Crippen molar-refractivity contribution in [3.05, 3.63) is 65.7 Å². The molecule has 1 heterocycles. The second-order valence-corrected chi connectivity index (χ2v) is 5.01. The van der Waals surface area contributed by atoms with Crippen molar-refractivity contribution < 1.29 is 14.3 Å². The van der Waals surface area contributed by atoms with Gasteiger partial charge in [-0.1, -0.05) is 42.5 Å². The van der Waals surface area contributed by atoms with E-state index in [0.717, 1.165) is 10.5 Å². The van der Waals surface area contributed by atoms with Crippen molar-refractivity contribution >= 4 is 23.0 Å². The molecule has 110 valence electrons. The Kier molecular flexibility index (Phi) is 3.51. The first-order valence-corrected chi connectivity index (χ1v) is 6.90. The predicted molar refractivity (Wildman–Crippen MR) is 84.0 cm³/mol. The van der Waals surface area contributed by atoms with E-state index in [2.05, 4.69) is 0 Å². The van der Waals surface area contributed by atoms with Gasteiger partial charge in [-0.25, -0.2) is 0 Å². The number of imide groups is 1. The van der Waals surface area contributed by atoms with Gasteiger partial charge < -0.3 is 4.74 Å². The highest BCUT2D eigenvalue weighted by Crippen LogP contribution is 2.35. The zero-order valence-corrected chi connectivity index (χ0v) is 12.4. The highest BCUT2D eigenvalue weighted by Gasteiger charge is 2.36. The van der Waals surface area contributed by atoms with Gasteiger partial charge in [-0.3, -0.25) is 14.5 Å². The summed E-state index contributed by atoms with van der Waals surface area (Å²) in [5.74, 6) is 0.145. The third kappa shape index (κ3) is 2.19. The minimum atomic E-state index is -0.283. The van der Waals surface area contributed by atoms with Crippen molar-refractivity contribution in [2.75, 3.05) is 14.2 Å². The molecule has 0 aromatic heterocycles. The Hall–Kier alpha value is -2.88. The van der Waals surface area contributed by atoms with Crippen molar-refractivity contribution in [3.63, 3.8) is 0 Å². The van der Waals surface area contributed by atoms with E-state index in [1.165, 1.54) is 7.05 Å². The van der Waals surface area contributed by atoms with Crippen LogP contribution in [0.2, 0.25) is 0 Å². The second kappa shape index (κ2) is 5.48. The fourth-order valence-corrected chi connectivity index (χ4v) is 2.54. The lowest BCUT2D eigenvalue weighted by atomic mass is 9.96. The molecule has 4 nitrogen and oxygen atoms in total. The molecule has 22 heavy (non-hydrogen) atoms. The number of nitrogens with zero attached hydrogens (tertiary/aromatic N) is 1. The average Bonchev–Trinajstić information content (AvgIpc) is 2.80. The van der Waals surface area contributed by atoms with Crippen LogP contribution in [0.3, 0.4) is 0 Å². The molecule has 0 atom stereocenters. The molecule has 0 N–H and O–H groups in total. The Morgan fingerprint density at radius 3 is 1.77 bits per heavy atom. The molecule has 2 aromatic rings. The number of carbonyl (C=O) groups excluding carboxylic acids is 2. The molecule has 4 heteroatoms. The number of amides is 2. The molecule has 3 rings (SSSR count). The summed E-state index contributed by atoms with van der Waals surface area (Å²) >= 11 is 0. The van der Waals surface area contributed by atoms with Crippen LogP contribution in [0.5, 0.6) is 5.75 Å². The van der Waals surface area contributed by atoms with Gasteiger partial charge in [0.2, 0.25) is 0 Å². The number of likely N-dealkylation sites (N-methyl/N-ethyl adjacent to an activating group) is 1. The summed E-state index contributed by atoms with van der Waals surface area (Å²) < 4.78 is 5.13. The number of carbonyl (C=O) groups is 2. The molecule has 1 aliphatic heterocycles. The maximum Gasteiger partial charge on any atom is 0.261 e. The summed E-state index contributed by atoms with van der Waals surface area (Å²) in [6.45, 7) is 0. The fourth-order valence-electron chi connectivity index (χ4n) is 2.54. The molecule has 0 radical (unpaired) electrons. The maximum absolute atomic E-state index is 12.5. The van der Waals surface area contributed by atoms with Gasteiger partial charge in [-0.15, -0.1) is 0 Å². The van der Waals surface area contributed by atoms with Gasteiger partial charge in [0.25, 0.3) is 11.8 Å². The molecule has 0 aliphatic carbocycles. The molecule has 0 fully saturated rings. The van der Waals surface area contributed by atoms with Crippen molar-refractivity contribution in [2.45, 2.75) is 0 Å².